The van der Waals surface area contributed by atoms with E-state index < -0.39 is 11.9 Å². The van der Waals surface area contributed by atoms with Crippen LogP contribution >= 0.6 is 0 Å². The standard InChI is InChI=1S/C14H13FN2O3/c1-7-4-9-8(5-10(7)15)6-17(14(9)20)11-2-3-12(18)16-13(11)19/h4-5,11H,2-3,6H2,1H3,(H,16,18,19)/t11-/m1/s1. The molecular weight excluding hydrogens is 263 g/mol. The number of halogens is 1. The van der Waals surface area contributed by atoms with Crippen LogP contribution in [0.4, 0.5) is 4.39 Å². The number of aryl methyl sites for hydroxylation is 1. The Kier molecular flexibility index (Phi) is 2.81. The molecule has 5 nitrogen and oxygen atoms in total. The normalized spacial score (nSPS) is 22.0. The van der Waals surface area contributed by atoms with Crippen LogP contribution in [0.25, 0.3) is 0 Å². The molecule has 0 radical (unpaired) electrons. The van der Waals surface area contributed by atoms with Gasteiger partial charge in [0.05, 0.1) is 0 Å². The van der Waals surface area contributed by atoms with Crippen molar-refractivity contribution in [2.24, 2.45) is 0 Å². The number of piperidine rings is 1. The Bertz CT molecular complexity index is 642. The van der Waals surface area contributed by atoms with Gasteiger partial charge in [0, 0.05) is 18.5 Å². The van der Waals surface area contributed by atoms with Crippen molar-refractivity contribution in [3.63, 3.8) is 0 Å². The van der Waals surface area contributed by atoms with E-state index in [-0.39, 0.29) is 30.6 Å². The summed E-state index contributed by atoms with van der Waals surface area (Å²) in [6.45, 7) is 1.80. The summed E-state index contributed by atoms with van der Waals surface area (Å²) in [5, 5.41) is 2.23. The van der Waals surface area contributed by atoms with Gasteiger partial charge in [0.1, 0.15) is 11.9 Å². The molecule has 6 heteroatoms. The fraction of sp³-hybridized carbons (Fsp3) is 0.357. The highest BCUT2D eigenvalue weighted by Gasteiger charge is 2.39. The Balaban J connectivity index is 1.90. The van der Waals surface area contributed by atoms with Crippen LogP contribution in [0.15, 0.2) is 12.1 Å². The number of hydrogen-bond donors (Lipinski definition) is 1. The van der Waals surface area contributed by atoms with E-state index in [1.54, 1.807) is 6.92 Å². The Morgan fingerprint density at radius 2 is 2.05 bits per heavy atom. The SMILES string of the molecule is Cc1cc2c(cc1F)CN([C@@H]1CCC(=O)NC1=O)C2=O. The first-order valence-electron chi connectivity index (χ1n) is 6.41. The molecule has 1 aromatic carbocycles. The number of amides is 3. The minimum Gasteiger partial charge on any atom is -0.322 e. The zero-order chi connectivity index (χ0) is 14.4. The summed E-state index contributed by atoms with van der Waals surface area (Å²) in [5.74, 6) is -1.42. The molecule has 0 bridgehead atoms. The van der Waals surface area contributed by atoms with E-state index in [0.717, 1.165) is 0 Å². The summed E-state index contributed by atoms with van der Waals surface area (Å²) in [6, 6.07) is 2.20. The van der Waals surface area contributed by atoms with E-state index in [0.29, 0.717) is 23.1 Å². The minimum atomic E-state index is -0.657. The van der Waals surface area contributed by atoms with Gasteiger partial charge in [-0.1, -0.05) is 0 Å². The van der Waals surface area contributed by atoms with Gasteiger partial charge in [-0.05, 0) is 36.6 Å². The van der Waals surface area contributed by atoms with E-state index in [4.69, 9.17) is 0 Å². The predicted molar refractivity (Wildman–Crippen MR) is 67.2 cm³/mol. The molecule has 0 aromatic heterocycles. The number of nitrogens with zero attached hydrogens (tertiary/aromatic N) is 1. The average Bonchev–Trinajstić information content (AvgIpc) is 2.68. The molecule has 1 aromatic rings. The Labute approximate surface area is 114 Å². The number of imide groups is 1. The van der Waals surface area contributed by atoms with Gasteiger partial charge >= 0.3 is 0 Å². The molecule has 2 aliphatic rings. The maximum absolute atomic E-state index is 13.5. The monoisotopic (exact) mass is 276 g/mol. The molecule has 0 unspecified atom stereocenters. The zero-order valence-electron chi connectivity index (χ0n) is 10.9. The topological polar surface area (TPSA) is 66.5 Å². The Hall–Kier alpha value is -2.24. The molecule has 1 fully saturated rings. The molecular formula is C14H13FN2O3. The second-order valence-corrected chi connectivity index (χ2v) is 5.16. The number of carbonyl (C=O) groups excluding carboxylic acids is 3. The van der Waals surface area contributed by atoms with Gasteiger partial charge in [-0.3, -0.25) is 19.7 Å². The van der Waals surface area contributed by atoms with Crippen LogP contribution in [-0.4, -0.2) is 28.7 Å². The van der Waals surface area contributed by atoms with Crippen LogP contribution in [0.2, 0.25) is 0 Å². The highest BCUT2D eigenvalue weighted by molar-refractivity contribution is 6.05. The summed E-state index contributed by atoms with van der Waals surface area (Å²) >= 11 is 0. The molecule has 0 saturated carbocycles. The van der Waals surface area contributed by atoms with Crippen molar-refractivity contribution in [3.05, 3.63) is 34.6 Å². The lowest BCUT2D eigenvalue weighted by Crippen LogP contribution is -2.52. The average molecular weight is 276 g/mol. The molecule has 2 heterocycles. The second kappa shape index (κ2) is 4.40. The van der Waals surface area contributed by atoms with Gasteiger partial charge in [-0.15, -0.1) is 0 Å². The van der Waals surface area contributed by atoms with Gasteiger partial charge in [0.25, 0.3) is 5.91 Å². The van der Waals surface area contributed by atoms with Gasteiger partial charge in [-0.25, -0.2) is 4.39 Å². The van der Waals surface area contributed by atoms with E-state index in [9.17, 15) is 18.8 Å². The van der Waals surface area contributed by atoms with Crippen molar-refractivity contribution in [1.82, 2.24) is 10.2 Å². The van der Waals surface area contributed by atoms with Gasteiger partial charge in [0.15, 0.2) is 0 Å². The van der Waals surface area contributed by atoms with Crippen molar-refractivity contribution in [3.8, 4) is 0 Å². The number of rotatable bonds is 1. The highest BCUT2D eigenvalue weighted by Crippen LogP contribution is 2.29. The third kappa shape index (κ3) is 1.88. The van der Waals surface area contributed by atoms with E-state index >= 15 is 0 Å². The third-order valence-electron chi connectivity index (χ3n) is 3.80. The molecule has 0 spiro atoms. The second-order valence-electron chi connectivity index (χ2n) is 5.16. The number of hydrogen-bond acceptors (Lipinski definition) is 3. The number of nitrogens with one attached hydrogen (secondary N) is 1. The molecule has 1 saturated heterocycles. The zero-order valence-corrected chi connectivity index (χ0v) is 10.9. The van der Waals surface area contributed by atoms with E-state index in [1.165, 1.54) is 17.0 Å². The van der Waals surface area contributed by atoms with Crippen LogP contribution in [0.1, 0.15) is 34.3 Å². The maximum atomic E-state index is 13.5. The summed E-state index contributed by atoms with van der Waals surface area (Å²) in [7, 11) is 0. The summed E-state index contributed by atoms with van der Waals surface area (Å²) < 4.78 is 13.5. The smallest absolute Gasteiger partial charge is 0.255 e. The molecule has 3 amide bonds. The maximum Gasteiger partial charge on any atom is 0.255 e. The molecule has 3 rings (SSSR count). The highest BCUT2D eigenvalue weighted by atomic mass is 19.1. The first-order chi connectivity index (χ1) is 9.47. The predicted octanol–water partition coefficient (Wildman–Crippen LogP) is 0.895. The van der Waals surface area contributed by atoms with Crippen LogP contribution in [0, 0.1) is 12.7 Å². The van der Waals surface area contributed by atoms with Gasteiger partial charge in [-0.2, -0.15) is 0 Å². The minimum absolute atomic E-state index is 0.206. The Morgan fingerprint density at radius 3 is 2.75 bits per heavy atom. The number of benzene rings is 1. The van der Waals surface area contributed by atoms with Crippen LogP contribution in [0.3, 0.4) is 0 Å². The van der Waals surface area contributed by atoms with E-state index in [1.807, 2.05) is 0 Å². The van der Waals surface area contributed by atoms with Crippen molar-refractivity contribution in [2.45, 2.75) is 32.4 Å². The van der Waals surface area contributed by atoms with Gasteiger partial charge in [0.2, 0.25) is 11.8 Å². The summed E-state index contributed by atoms with van der Waals surface area (Å²) in [4.78, 5) is 36.7. The summed E-state index contributed by atoms with van der Waals surface area (Å²) in [5.41, 5.74) is 1.43. The molecule has 104 valence electrons. The fourth-order valence-corrected chi connectivity index (χ4v) is 2.69. The summed E-state index contributed by atoms with van der Waals surface area (Å²) in [6.07, 6.45) is 0.524. The molecule has 1 atom stereocenters. The van der Waals surface area contributed by atoms with E-state index in [2.05, 4.69) is 5.32 Å². The lowest BCUT2D eigenvalue weighted by molar-refractivity contribution is -0.136. The van der Waals surface area contributed by atoms with Gasteiger partial charge < -0.3 is 4.90 Å². The quantitative estimate of drug-likeness (QED) is 0.775. The first kappa shape index (κ1) is 12.8. The number of carbonyl (C=O) groups is 3. The lowest BCUT2D eigenvalue weighted by atomic mass is 10.0. The van der Waals surface area contributed by atoms with Crippen molar-refractivity contribution >= 4 is 17.7 Å². The largest absolute Gasteiger partial charge is 0.322 e. The number of fused-ring (bicyclic) bond motifs is 1. The third-order valence-corrected chi connectivity index (χ3v) is 3.80. The molecule has 1 N–H and O–H groups in total. The Morgan fingerprint density at radius 1 is 1.30 bits per heavy atom. The lowest BCUT2D eigenvalue weighted by Gasteiger charge is -2.29. The van der Waals surface area contributed by atoms with Crippen molar-refractivity contribution in [1.29, 1.82) is 0 Å². The molecule has 20 heavy (non-hydrogen) atoms. The van der Waals surface area contributed by atoms with Crippen LogP contribution in [-0.2, 0) is 16.1 Å². The first-order valence-corrected chi connectivity index (χ1v) is 6.41. The van der Waals surface area contributed by atoms with Crippen molar-refractivity contribution in [2.75, 3.05) is 0 Å². The van der Waals surface area contributed by atoms with Crippen LogP contribution < -0.4 is 5.32 Å². The van der Waals surface area contributed by atoms with Crippen LogP contribution in [0.5, 0.6) is 0 Å². The fourth-order valence-electron chi connectivity index (χ4n) is 2.69. The van der Waals surface area contributed by atoms with Crippen molar-refractivity contribution < 1.29 is 18.8 Å². The molecule has 2 aliphatic heterocycles. The molecule has 0 aliphatic carbocycles.